The van der Waals surface area contributed by atoms with Crippen LogP contribution in [0.3, 0.4) is 0 Å². The highest BCUT2D eigenvalue weighted by atomic mass is 35.5. The van der Waals surface area contributed by atoms with Crippen molar-refractivity contribution in [2.75, 3.05) is 16.8 Å². The Morgan fingerprint density at radius 3 is 2.39 bits per heavy atom. The van der Waals surface area contributed by atoms with Gasteiger partial charge in [-0.15, -0.1) is 0 Å². The molecule has 3 N–H and O–H groups in total. The number of carboxylic acid groups (broad SMARTS) is 1. The molecule has 4 aromatic rings. The van der Waals surface area contributed by atoms with Gasteiger partial charge in [0.25, 0.3) is 0 Å². The van der Waals surface area contributed by atoms with Gasteiger partial charge >= 0.3 is 12.1 Å². The fourth-order valence-electron chi connectivity index (χ4n) is 4.48. The monoisotopic (exact) mass is 596 g/mol. The molecular formula is C26H22ClF5N6O3. The van der Waals surface area contributed by atoms with Gasteiger partial charge in [0.1, 0.15) is 23.5 Å². The number of anilines is 2. The molecule has 1 saturated heterocycles. The van der Waals surface area contributed by atoms with E-state index >= 15 is 0 Å². The number of aromatic amines is 1. The zero-order chi connectivity index (χ0) is 30.1. The van der Waals surface area contributed by atoms with E-state index in [9.17, 15) is 26.7 Å². The predicted octanol–water partition coefficient (Wildman–Crippen LogP) is 6.19. The largest absolute Gasteiger partial charge is 0.490 e. The van der Waals surface area contributed by atoms with Crippen molar-refractivity contribution in [3.05, 3.63) is 64.7 Å². The third-order valence-electron chi connectivity index (χ3n) is 6.30. The van der Waals surface area contributed by atoms with Gasteiger partial charge in [-0.2, -0.15) is 13.2 Å². The number of rotatable bonds is 5. The summed E-state index contributed by atoms with van der Waals surface area (Å²) in [6.45, 7) is 4.20. The lowest BCUT2D eigenvalue weighted by Gasteiger charge is -2.28. The summed E-state index contributed by atoms with van der Waals surface area (Å²) in [5.74, 6) is -3.70. The maximum absolute atomic E-state index is 14.3. The number of halogens is 6. The number of hydrogen-bond donors (Lipinski definition) is 3. The van der Waals surface area contributed by atoms with Crippen LogP contribution in [0.25, 0.3) is 22.3 Å². The number of aliphatic carboxylic acids is 1. The topological polar surface area (TPSA) is 124 Å². The lowest BCUT2D eigenvalue weighted by Crippen LogP contribution is -2.26. The Balaban J connectivity index is 0.000000493. The Labute approximate surface area is 234 Å². The molecule has 1 amide bonds. The van der Waals surface area contributed by atoms with E-state index in [2.05, 4.69) is 25.3 Å². The minimum Gasteiger partial charge on any atom is -0.475 e. The zero-order valence-corrected chi connectivity index (χ0v) is 22.2. The second kappa shape index (κ2) is 11.6. The molecule has 1 atom stereocenters. The Morgan fingerprint density at radius 1 is 1.15 bits per heavy atom. The number of carbonyl (C=O) groups excluding carboxylic acids is 1. The molecule has 0 bridgehead atoms. The lowest BCUT2D eigenvalue weighted by atomic mass is 9.90. The summed E-state index contributed by atoms with van der Waals surface area (Å²) < 4.78 is 60.4. The number of amides is 1. The van der Waals surface area contributed by atoms with Crippen molar-refractivity contribution in [3.63, 3.8) is 0 Å². The third kappa shape index (κ3) is 6.37. The standard InChI is InChI=1S/C24H21ClF2N6O.C2HF3O2/c1-12-18(25)9-17(13(2)32-24-21-23(29-10-28-21)30-11-31-24)20(14-6-15(26)8-16(27)7-14)22(12)33-5-3-4-19(33)34;3-2(4,5)1(6)7/h6-11,13H,3-5H2,1-2H3,(H2,28,29,30,31,32);(H,6,7). The fourth-order valence-corrected chi connectivity index (χ4v) is 4.68. The Bertz CT molecular complexity index is 1610. The van der Waals surface area contributed by atoms with Crippen molar-refractivity contribution in [2.45, 2.75) is 38.9 Å². The van der Waals surface area contributed by atoms with Crippen LogP contribution in [-0.4, -0.2) is 49.6 Å². The number of nitrogens with zero attached hydrogens (tertiary/aromatic N) is 4. The molecule has 216 valence electrons. The van der Waals surface area contributed by atoms with Crippen molar-refractivity contribution in [2.24, 2.45) is 0 Å². The first kappa shape index (κ1) is 29.6. The minimum absolute atomic E-state index is 0.0509. The molecule has 0 radical (unpaired) electrons. The smallest absolute Gasteiger partial charge is 0.475 e. The first-order valence-electron chi connectivity index (χ1n) is 12.1. The number of hydrogen-bond acceptors (Lipinski definition) is 6. The molecule has 1 fully saturated rings. The van der Waals surface area contributed by atoms with Gasteiger partial charge in [0.15, 0.2) is 11.5 Å². The van der Waals surface area contributed by atoms with E-state index < -0.39 is 29.8 Å². The van der Waals surface area contributed by atoms with Gasteiger partial charge in [-0.1, -0.05) is 11.6 Å². The average molecular weight is 597 g/mol. The number of nitrogens with one attached hydrogen (secondary N) is 2. The summed E-state index contributed by atoms with van der Waals surface area (Å²) in [6, 6.07) is 4.72. The average Bonchev–Trinajstić information content (AvgIpc) is 3.54. The van der Waals surface area contributed by atoms with E-state index in [1.54, 1.807) is 11.0 Å². The highest BCUT2D eigenvalue weighted by Crippen LogP contribution is 2.45. The molecule has 3 heterocycles. The van der Waals surface area contributed by atoms with Gasteiger partial charge in [-0.3, -0.25) is 4.79 Å². The summed E-state index contributed by atoms with van der Waals surface area (Å²) >= 11 is 6.64. The Hall–Kier alpha value is -4.33. The molecule has 2 aromatic heterocycles. The number of fused-ring (bicyclic) bond motifs is 1. The molecule has 0 spiro atoms. The summed E-state index contributed by atoms with van der Waals surface area (Å²) in [5.41, 5.74) is 3.91. The zero-order valence-electron chi connectivity index (χ0n) is 21.5. The summed E-state index contributed by atoms with van der Waals surface area (Å²) in [6.07, 6.45) is -1.05. The first-order chi connectivity index (χ1) is 19.3. The molecule has 41 heavy (non-hydrogen) atoms. The molecule has 0 saturated carbocycles. The number of aromatic nitrogens is 4. The van der Waals surface area contributed by atoms with Crippen LogP contribution >= 0.6 is 11.6 Å². The van der Waals surface area contributed by atoms with Crippen molar-refractivity contribution >= 4 is 46.1 Å². The summed E-state index contributed by atoms with van der Waals surface area (Å²) in [7, 11) is 0. The maximum Gasteiger partial charge on any atom is 0.490 e. The van der Waals surface area contributed by atoms with Crippen LogP contribution in [-0.2, 0) is 9.59 Å². The molecule has 15 heteroatoms. The van der Waals surface area contributed by atoms with Gasteiger partial charge in [0.05, 0.1) is 18.1 Å². The van der Waals surface area contributed by atoms with E-state index in [1.807, 2.05) is 13.8 Å². The van der Waals surface area contributed by atoms with E-state index in [-0.39, 0.29) is 5.91 Å². The molecule has 9 nitrogen and oxygen atoms in total. The molecule has 2 aromatic carbocycles. The Morgan fingerprint density at radius 2 is 1.80 bits per heavy atom. The lowest BCUT2D eigenvalue weighted by molar-refractivity contribution is -0.192. The summed E-state index contributed by atoms with van der Waals surface area (Å²) in [4.78, 5) is 38.9. The van der Waals surface area contributed by atoms with Crippen LogP contribution in [0, 0.1) is 18.6 Å². The van der Waals surface area contributed by atoms with E-state index in [0.29, 0.717) is 69.3 Å². The van der Waals surface area contributed by atoms with Crippen molar-refractivity contribution in [1.82, 2.24) is 19.9 Å². The number of benzene rings is 2. The van der Waals surface area contributed by atoms with Crippen LogP contribution in [0.4, 0.5) is 33.5 Å². The third-order valence-corrected chi connectivity index (χ3v) is 6.69. The number of alkyl halides is 3. The minimum atomic E-state index is -5.08. The van der Waals surface area contributed by atoms with E-state index in [1.165, 1.54) is 24.8 Å². The van der Waals surface area contributed by atoms with Crippen molar-refractivity contribution in [1.29, 1.82) is 0 Å². The number of H-pyrrole nitrogens is 1. The SMILES string of the molecule is Cc1c(Cl)cc(C(C)Nc2ncnc3nc[nH]c23)c(-c2cc(F)cc(F)c2)c1N1CCCC1=O.O=C(O)C(F)(F)F. The number of carboxylic acids is 1. The number of imidazole rings is 1. The highest BCUT2D eigenvalue weighted by Gasteiger charge is 2.38. The van der Waals surface area contributed by atoms with Gasteiger partial charge < -0.3 is 20.3 Å². The van der Waals surface area contributed by atoms with Gasteiger partial charge in [0, 0.05) is 29.6 Å². The molecule has 1 aliphatic rings. The fraction of sp³-hybridized carbons (Fsp3) is 0.269. The molecule has 5 rings (SSSR count). The predicted molar refractivity (Wildman–Crippen MR) is 141 cm³/mol. The van der Waals surface area contributed by atoms with Gasteiger partial charge in [-0.25, -0.2) is 28.5 Å². The van der Waals surface area contributed by atoms with Crippen LogP contribution in [0.5, 0.6) is 0 Å². The van der Waals surface area contributed by atoms with Crippen LogP contribution in [0.1, 0.15) is 36.9 Å². The highest BCUT2D eigenvalue weighted by molar-refractivity contribution is 6.32. The van der Waals surface area contributed by atoms with Crippen molar-refractivity contribution < 1.29 is 36.6 Å². The van der Waals surface area contributed by atoms with Crippen LogP contribution in [0.15, 0.2) is 36.9 Å². The Kier molecular flexibility index (Phi) is 8.42. The van der Waals surface area contributed by atoms with Gasteiger partial charge in [-0.05, 0) is 55.2 Å². The quantitative estimate of drug-likeness (QED) is 0.235. The second-order valence-corrected chi connectivity index (χ2v) is 9.50. The van der Waals surface area contributed by atoms with E-state index in [0.717, 1.165) is 6.07 Å². The molecule has 1 unspecified atom stereocenters. The van der Waals surface area contributed by atoms with Crippen molar-refractivity contribution in [3.8, 4) is 11.1 Å². The summed E-state index contributed by atoms with van der Waals surface area (Å²) in [5, 5.41) is 10.9. The van der Waals surface area contributed by atoms with Crippen LogP contribution < -0.4 is 10.2 Å². The maximum atomic E-state index is 14.3. The molecular weight excluding hydrogens is 575 g/mol. The number of carbonyl (C=O) groups is 2. The second-order valence-electron chi connectivity index (χ2n) is 9.10. The normalized spacial score (nSPS) is 14.1. The van der Waals surface area contributed by atoms with E-state index in [4.69, 9.17) is 21.5 Å². The molecule has 0 aliphatic carbocycles. The van der Waals surface area contributed by atoms with Gasteiger partial charge in [0.2, 0.25) is 5.91 Å². The van der Waals surface area contributed by atoms with Crippen LogP contribution in [0.2, 0.25) is 5.02 Å². The molecule has 1 aliphatic heterocycles. The first-order valence-corrected chi connectivity index (χ1v) is 12.5.